The molecule has 1 atom stereocenters. The average molecular weight is 235 g/mol. The highest BCUT2D eigenvalue weighted by atomic mass is 16.5. The largest absolute Gasteiger partial charge is 0.493 e. The summed E-state index contributed by atoms with van der Waals surface area (Å²) < 4.78 is 16.2. The number of ether oxygens (including phenoxy) is 3. The minimum absolute atomic E-state index is 0.178. The number of hydrogen-bond donors (Lipinski definition) is 0. The van der Waals surface area contributed by atoms with E-state index >= 15 is 0 Å². The quantitative estimate of drug-likeness (QED) is 0.709. The molecule has 0 saturated heterocycles. The topological polar surface area (TPSA) is 27.7 Å². The third kappa shape index (κ3) is 3.41. The highest BCUT2D eigenvalue weighted by Crippen LogP contribution is 2.39. The molecule has 0 amide bonds. The molecular formula is C14H19O3. The summed E-state index contributed by atoms with van der Waals surface area (Å²) in [6, 6.07) is 3.84. The molecule has 1 aromatic carbocycles. The van der Waals surface area contributed by atoms with Gasteiger partial charge in [0.1, 0.15) is 0 Å². The lowest BCUT2D eigenvalue weighted by molar-refractivity contribution is 0.238. The van der Waals surface area contributed by atoms with Crippen LogP contribution < -0.4 is 14.2 Å². The van der Waals surface area contributed by atoms with Gasteiger partial charge in [0, 0.05) is 0 Å². The van der Waals surface area contributed by atoms with Crippen LogP contribution >= 0.6 is 0 Å². The summed E-state index contributed by atoms with van der Waals surface area (Å²) in [6.45, 7) is 9.37. The summed E-state index contributed by atoms with van der Waals surface area (Å²) in [4.78, 5) is 0. The molecule has 1 aromatic rings. The fourth-order valence-electron chi connectivity index (χ4n) is 1.54. The first-order chi connectivity index (χ1) is 8.12. The van der Waals surface area contributed by atoms with Crippen LogP contribution in [0.1, 0.15) is 12.5 Å². The fraction of sp³-hybridized carbons (Fsp3) is 0.357. The van der Waals surface area contributed by atoms with Crippen LogP contribution in [0.2, 0.25) is 0 Å². The monoisotopic (exact) mass is 235 g/mol. The van der Waals surface area contributed by atoms with Gasteiger partial charge in [-0.1, -0.05) is 6.08 Å². The van der Waals surface area contributed by atoms with E-state index in [2.05, 4.69) is 13.5 Å². The third-order valence-electron chi connectivity index (χ3n) is 2.22. The second-order valence-electron chi connectivity index (χ2n) is 3.75. The molecule has 1 unspecified atom stereocenters. The van der Waals surface area contributed by atoms with Crippen molar-refractivity contribution in [2.24, 2.45) is 0 Å². The molecule has 0 N–H and O–H groups in total. The molecule has 3 nitrogen and oxygen atoms in total. The Morgan fingerprint density at radius 2 is 1.76 bits per heavy atom. The van der Waals surface area contributed by atoms with Gasteiger partial charge in [-0.3, -0.25) is 0 Å². The number of hydrogen-bond acceptors (Lipinski definition) is 3. The average Bonchev–Trinajstić information content (AvgIpc) is 2.30. The van der Waals surface area contributed by atoms with Crippen LogP contribution in [0.15, 0.2) is 24.8 Å². The van der Waals surface area contributed by atoms with Crippen LogP contribution in [-0.4, -0.2) is 20.3 Å². The van der Waals surface area contributed by atoms with Crippen molar-refractivity contribution in [1.82, 2.24) is 0 Å². The first-order valence-corrected chi connectivity index (χ1v) is 5.47. The Hall–Kier alpha value is -1.64. The van der Waals surface area contributed by atoms with E-state index in [0.29, 0.717) is 17.2 Å². The van der Waals surface area contributed by atoms with E-state index in [0.717, 1.165) is 12.0 Å². The molecule has 0 aliphatic carbocycles. The Bertz CT molecular complexity index is 358. The normalized spacial score (nSPS) is 10.2. The number of allylic oxidation sites excluding steroid dienone is 1. The van der Waals surface area contributed by atoms with Crippen molar-refractivity contribution in [1.29, 1.82) is 0 Å². The number of methoxy groups -OCH3 is 2. The summed E-state index contributed by atoms with van der Waals surface area (Å²) in [7, 11) is 3.21. The molecule has 3 heteroatoms. The highest BCUT2D eigenvalue weighted by Gasteiger charge is 2.14. The van der Waals surface area contributed by atoms with Crippen LogP contribution in [0, 0.1) is 6.92 Å². The number of rotatable bonds is 6. The smallest absolute Gasteiger partial charge is 0.203 e. The van der Waals surface area contributed by atoms with Crippen LogP contribution in [0.3, 0.4) is 0 Å². The van der Waals surface area contributed by atoms with E-state index < -0.39 is 0 Å². The summed E-state index contributed by atoms with van der Waals surface area (Å²) >= 11 is 0. The zero-order valence-corrected chi connectivity index (χ0v) is 10.7. The number of benzene rings is 1. The van der Waals surface area contributed by atoms with E-state index in [4.69, 9.17) is 14.2 Å². The minimum Gasteiger partial charge on any atom is -0.493 e. The van der Waals surface area contributed by atoms with Gasteiger partial charge < -0.3 is 14.2 Å². The highest BCUT2D eigenvalue weighted by molar-refractivity contribution is 5.54. The second-order valence-corrected chi connectivity index (χ2v) is 3.75. The van der Waals surface area contributed by atoms with Gasteiger partial charge in [0.2, 0.25) is 5.75 Å². The van der Waals surface area contributed by atoms with E-state index in [1.165, 1.54) is 0 Å². The van der Waals surface area contributed by atoms with Gasteiger partial charge in [0.15, 0.2) is 11.5 Å². The van der Waals surface area contributed by atoms with Crippen LogP contribution in [0.5, 0.6) is 17.2 Å². The fourth-order valence-corrected chi connectivity index (χ4v) is 1.54. The Balaban J connectivity index is 3.20. The van der Waals surface area contributed by atoms with Gasteiger partial charge in [-0.25, -0.2) is 0 Å². The van der Waals surface area contributed by atoms with E-state index in [9.17, 15) is 0 Å². The zero-order valence-electron chi connectivity index (χ0n) is 10.7. The van der Waals surface area contributed by atoms with Gasteiger partial charge >= 0.3 is 0 Å². The second kappa shape index (κ2) is 6.18. The predicted octanol–water partition coefficient (Wildman–Crippen LogP) is 3.03. The van der Waals surface area contributed by atoms with Crippen molar-refractivity contribution in [3.8, 4) is 17.2 Å². The lowest BCUT2D eigenvalue weighted by atomic mass is 10.1. The maximum absolute atomic E-state index is 5.60. The minimum atomic E-state index is -0.178. The van der Waals surface area contributed by atoms with Gasteiger partial charge in [-0.15, -0.1) is 6.58 Å². The molecule has 0 aliphatic heterocycles. The standard InChI is InChI=1S/C14H19O3/c1-6-7-11-8-12(15-4)14(17-10(2)3)13(9-11)16-5/h6,8-10H,1-2,7H2,3-5H3. The summed E-state index contributed by atoms with van der Waals surface area (Å²) in [5.41, 5.74) is 1.07. The molecular weight excluding hydrogens is 216 g/mol. The van der Waals surface area contributed by atoms with Gasteiger partial charge in [0.05, 0.1) is 20.3 Å². The van der Waals surface area contributed by atoms with Crippen molar-refractivity contribution in [3.05, 3.63) is 37.3 Å². The molecule has 17 heavy (non-hydrogen) atoms. The van der Waals surface area contributed by atoms with Crippen LogP contribution in [-0.2, 0) is 6.42 Å². The van der Waals surface area contributed by atoms with E-state index in [1.807, 2.05) is 25.1 Å². The molecule has 1 rings (SSSR count). The van der Waals surface area contributed by atoms with Crippen molar-refractivity contribution in [2.75, 3.05) is 14.2 Å². The van der Waals surface area contributed by atoms with Gasteiger partial charge in [0.25, 0.3) is 0 Å². The molecule has 93 valence electrons. The van der Waals surface area contributed by atoms with Crippen LogP contribution in [0.4, 0.5) is 0 Å². The molecule has 1 radical (unpaired) electrons. The van der Waals surface area contributed by atoms with Crippen molar-refractivity contribution < 1.29 is 14.2 Å². The van der Waals surface area contributed by atoms with Gasteiger partial charge in [-0.05, 0) is 38.0 Å². The van der Waals surface area contributed by atoms with Gasteiger partial charge in [-0.2, -0.15) is 0 Å². The van der Waals surface area contributed by atoms with Crippen LogP contribution in [0.25, 0.3) is 0 Å². The maximum Gasteiger partial charge on any atom is 0.203 e. The Kier molecular flexibility index (Phi) is 4.88. The molecule has 0 saturated carbocycles. The summed E-state index contributed by atoms with van der Waals surface area (Å²) in [5, 5.41) is 0. The first kappa shape index (κ1) is 13.4. The molecule has 0 aromatic heterocycles. The Labute approximate surface area is 103 Å². The summed E-state index contributed by atoms with van der Waals surface area (Å²) in [5.74, 6) is 1.89. The summed E-state index contributed by atoms with van der Waals surface area (Å²) in [6.07, 6.45) is 2.41. The maximum atomic E-state index is 5.60. The molecule has 0 fully saturated rings. The van der Waals surface area contributed by atoms with Crippen molar-refractivity contribution >= 4 is 0 Å². The molecule has 0 heterocycles. The molecule has 0 bridgehead atoms. The Morgan fingerprint density at radius 3 is 2.12 bits per heavy atom. The van der Waals surface area contributed by atoms with E-state index in [1.54, 1.807) is 14.2 Å². The first-order valence-electron chi connectivity index (χ1n) is 5.47. The SMILES string of the molecule is [CH2]C(C)Oc1c(OC)cc(CC=C)cc1OC. The predicted molar refractivity (Wildman–Crippen MR) is 68.9 cm³/mol. The molecule has 0 aliphatic rings. The van der Waals surface area contributed by atoms with Crippen molar-refractivity contribution in [2.45, 2.75) is 19.4 Å². The Morgan fingerprint density at radius 1 is 1.24 bits per heavy atom. The third-order valence-corrected chi connectivity index (χ3v) is 2.22. The lowest BCUT2D eigenvalue weighted by Gasteiger charge is -2.17. The lowest BCUT2D eigenvalue weighted by Crippen LogP contribution is -2.08. The zero-order chi connectivity index (χ0) is 12.8. The van der Waals surface area contributed by atoms with E-state index in [-0.39, 0.29) is 6.10 Å². The van der Waals surface area contributed by atoms with Crippen molar-refractivity contribution in [3.63, 3.8) is 0 Å². The molecule has 0 spiro atoms.